The third kappa shape index (κ3) is 3.61. The summed E-state index contributed by atoms with van der Waals surface area (Å²) < 4.78 is 13.6. The molecule has 0 bridgehead atoms. The van der Waals surface area contributed by atoms with Crippen LogP contribution in [0.5, 0.6) is 0 Å². The first-order chi connectivity index (χ1) is 11.5. The van der Waals surface area contributed by atoms with E-state index >= 15 is 0 Å². The average Bonchev–Trinajstić information content (AvgIpc) is 2.59. The molecule has 0 atom stereocenters. The van der Waals surface area contributed by atoms with Crippen LogP contribution in [0.15, 0.2) is 30.3 Å². The summed E-state index contributed by atoms with van der Waals surface area (Å²) in [4.78, 5) is 16.1. The first kappa shape index (κ1) is 16.2. The highest BCUT2D eigenvalue weighted by Gasteiger charge is 2.22. The number of urea groups is 1. The Kier molecular flexibility index (Phi) is 4.59. The molecule has 0 unspecified atom stereocenters. The number of hydrogen-bond acceptors (Lipinski definition) is 4. The van der Waals surface area contributed by atoms with E-state index < -0.39 is 0 Å². The van der Waals surface area contributed by atoms with Crippen LogP contribution in [0.2, 0.25) is 0 Å². The van der Waals surface area contributed by atoms with Gasteiger partial charge in [0.2, 0.25) is 0 Å². The molecule has 0 aliphatic carbocycles. The van der Waals surface area contributed by atoms with E-state index in [1.807, 2.05) is 19.1 Å². The largest absolute Gasteiger partial charge is 0.352 e. The molecule has 1 fully saturated rings. The molecule has 0 saturated carbocycles. The summed E-state index contributed by atoms with van der Waals surface area (Å²) in [6.45, 7) is 6.12. The van der Waals surface area contributed by atoms with Crippen molar-refractivity contribution in [2.45, 2.75) is 13.8 Å². The van der Waals surface area contributed by atoms with Gasteiger partial charge in [-0.3, -0.25) is 0 Å². The van der Waals surface area contributed by atoms with Gasteiger partial charge >= 0.3 is 6.03 Å². The molecule has 1 N–H and O–H groups in total. The lowest BCUT2D eigenvalue weighted by atomic mass is 10.2. The molecule has 7 heteroatoms. The van der Waals surface area contributed by atoms with Gasteiger partial charge in [0.1, 0.15) is 5.82 Å². The van der Waals surface area contributed by atoms with Gasteiger partial charge in [-0.15, -0.1) is 5.10 Å². The van der Waals surface area contributed by atoms with Crippen molar-refractivity contribution >= 4 is 17.5 Å². The second-order valence-corrected chi connectivity index (χ2v) is 5.90. The predicted molar refractivity (Wildman–Crippen MR) is 90.7 cm³/mol. The van der Waals surface area contributed by atoms with Crippen LogP contribution in [-0.4, -0.2) is 47.3 Å². The van der Waals surface area contributed by atoms with Gasteiger partial charge in [-0.1, -0.05) is 6.07 Å². The van der Waals surface area contributed by atoms with E-state index in [1.165, 1.54) is 6.07 Å². The third-order valence-corrected chi connectivity index (χ3v) is 4.10. The van der Waals surface area contributed by atoms with Crippen LogP contribution in [-0.2, 0) is 0 Å². The molecular formula is C17H20FN5O. The Morgan fingerprint density at radius 2 is 1.83 bits per heavy atom. The van der Waals surface area contributed by atoms with Crippen molar-refractivity contribution in [3.63, 3.8) is 0 Å². The van der Waals surface area contributed by atoms with Crippen molar-refractivity contribution in [2.24, 2.45) is 0 Å². The zero-order valence-corrected chi connectivity index (χ0v) is 13.8. The molecule has 1 aliphatic rings. The number of piperazine rings is 1. The number of rotatable bonds is 2. The van der Waals surface area contributed by atoms with Crippen LogP contribution in [0.4, 0.5) is 20.7 Å². The number of nitrogens with zero attached hydrogens (tertiary/aromatic N) is 4. The molecule has 1 saturated heterocycles. The smallest absolute Gasteiger partial charge is 0.321 e. The number of carbonyl (C=O) groups excluding carboxylic acids is 1. The number of nitrogens with one attached hydrogen (secondary N) is 1. The van der Waals surface area contributed by atoms with Gasteiger partial charge in [0.05, 0.1) is 5.69 Å². The summed E-state index contributed by atoms with van der Waals surface area (Å²) in [5.41, 5.74) is 1.90. The standard InChI is InChI=1S/C17H20FN5O/c1-12-3-5-14(11-15(12)18)19-17(24)23-9-7-22(8-10-23)16-6-4-13(2)20-21-16/h3-6,11H,7-10H2,1-2H3,(H,19,24). The highest BCUT2D eigenvalue weighted by Crippen LogP contribution is 2.16. The van der Waals surface area contributed by atoms with Gasteiger partial charge < -0.3 is 15.1 Å². The number of aryl methyl sites for hydroxylation is 2. The zero-order valence-electron chi connectivity index (χ0n) is 13.8. The van der Waals surface area contributed by atoms with Crippen LogP contribution in [0.25, 0.3) is 0 Å². The molecule has 0 radical (unpaired) electrons. The number of halogens is 1. The number of carbonyl (C=O) groups is 1. The Hall–Kier alpha value is -2.70. The quantitative estimate of drug-likeness (QED) is 0.920. The van der Waals surface area contributed by atoms with E-state index in [2.05, 4.69) is 20.4 Å². The van der Waals surface area contributed by atoms with Gasteiger partial charge in [0.15, 0.2) is 5.82 Å². The van der Waals surface area contributed by atoms with E-state index in [0.717, 1.165) is 11.5 Å². The number of amides is 2. The summed E-state index contributed by atoms with van der Waals surface area (Å²) in [5.74, 6) is 0.497. The topological polar surface area (TPSA) is 61.4 Å². The molecule has 2 aromatic rings. The maximum atomic E-state index is 13.6. The van der Waals surface area contributed by atoms with E-state index in [1.54, 1.807) is 24.0 Å². The monoisotopic (exact) mass is 329 g/mol. The van der Waals surface area contributed by atoms with Crippen LogP contribution >= 0.6 is 0 Å². The number of anilines is 2. The van der Waals surface area contributed by atoms with Gasteiger partial charge in [0.25, 0.3) is 0 Å². The van der Waals surface area contributed by atoms with E-state index in [-0.39, 0.29) is 11.8 Å². The lowest BCUT2D eigenvalue weighted by Crippen LogP contribution is -2.50. The fourth-order valence-corrected chi connectivity index (χ4v) is 2.57. The van der Waals surface area contributed by atoms with Gasteiger partial charge in [-0.05, 0) is 43.7 Å². The minimum atomic E-state index is -0.324. The predicted octanol–water partition coefficient (Wildman–Crippen LogP) is 2.59. The summed E-state index contributed by atoms with van der Waals surface area (Å²) >= 11 is 0. The summed E-state index contributed by atoms with van der Waals surface area (Å²) in [5, 5.41) is 11.0. The molecule has 6 nitrogen and oxygen atoms in total. The minimum absolute atomic E-state index is 0.215. The minimum Gasteiger partial charge on any atom is -0.352 e. The van der Waals surface area contributed by atoms with E-state index in [9.17, 15) is 9.18 Å². The molecule has 2 amide bonds. The maximum absolute atomic E-state index is 13.6. The molecule has 2 heterocycles. The Bertz CT molecular complexity index is 726. The fourth-order valence-electron chi connectivity index (χ4n) is 2.57. The van der Waals surface area contributed by atoms with Gasteiger partial charge in [-0.2, -0.15) is 5.10 Å². The number of aromatic nitrogens is 2. The molecule has 1 aliphatic heterocycles. The lowest BCUT2D eigenvalue weighted by Gasteiger charge is -2.35. The molecular weight excluding hydrogens is 309 g/mol. The first-order valence-electron chi connectivity index (χ1n) is 7.90. The van der Waals surface area contributed by atoms with Crippen molar-refractivity contribution < 1.29 is 9.18 Å². The molecule has 126 valence electrons. The maximum Gasteiger partial charge on any atom is 0.321 e. The fraction of sp³-hybridized carbons (Fsp3) is 0.353. The Morgan fingerprint density at radius 1 is 1.08 bits per heavy atom. The summed E-state index contributed by atoms with van der Waals surface area (Å²) in [6, 6.07) is 8.34. The van der Waals surface area contributed by atoms with E-state index in [4.69, 9.17) is 0 Å². The Morgan fingerprint density at radius 3 is 2.46 bits per heavy atom. The SMILES string of the molecule is Cc1ccc(N2CCN(C(=O)Nc3ccc(C)c(F)c3)CC2)nn1. The zero-order chi connectivity index (χ0) is 17.1. The van der Waals surface area contributed by atoms with Crippen molar-refractivity contribution in [1.82, 2.24) is 15.1 Å². The second-order valence-electron chi connectivity index (χ2n) is 5.90. The second kappa shape index (κ2) is 6.82. The van der Waals surface area contributed by atoms with Gasteiger partial charge in [0, 0.05) is 31.9 Å². The van der Waals surface area contributed by atoms with Crippen LogP contribution in [0.3, 0.4) is 0 Å². The third-order valence-electron chi connectivity index (χ3n) is 4.10. The number of benzene rings is 1. The Balaban J connectivity index is 1.56. The van der Waals surface area contributed by atoms with Crippen molar-refractivity contribution in [1.29, 1.82) is 0 Å². The van der Waals surface area contributed by atoms with Crippen molar-refractivity contribution in [3.8, 4) is 0 Å². The molecule has 0 spiro atoms. The lowest BCUT2D eigenvalue weighted by molar-refractivity contribution is 0.208. The summed E-state index contributed by atoms with van der Waals surface area (Å²) in [7, 11) is 0. The van der Waals surface area contributed by atoms with Crippen LogP contribution < -0.4 is 10.2 Å². The first-order valence-corrected chi connectivity index (χ1v) is 7.90. The Labute approximate surface area is 140 Å². The van der Waals surface area contributed by atoms with Crippen molar-refractivity contribution in [2.75, 3.05) is 36.4 Å². The molecule has 24 heavy (non-hydrogen) atoms. The highest BCUT2D eigenvalue weighted by molar-refractivity contribution is 5.89. The summed E-state index contributed by atoms with van der Waals surface area (Å²) in [6.07, 6.45) is 0. The molecule has 1 aromatic heterocycles. The molecule has 3 rings (SSSR count). The van der Waals surface area contributed by atoms with E-state index in [0.29, 0.717) is 37.4 Å². The van der Waals surface area contributed by atoms with Crippen LogP contribution in [0.1, 0.15) is 11.3 Å². The van der Waals surface area contributed by atoms with Gasteiger partial charge in [-0.25, -0.2) is 9.18 Å². The average molecular weight is 329 g/mol. The normalized spacial score (nSPS) is 14.6. The van der Waals surface area contributed by atoms with Crippen molar-refractivity contribution in [3.05, 3.63) is 47.4 Å². The molecule has 1 aromatic carbocycles. The number of hydrogen-bond donors (Lipinski definition) is 1. The highest BCUT2D eigenvalue weighted by atomic mass is 19.1. The van der Waals surface area contributed by atoms with Crippen LogP contribution in [0, 0.1) is 19.7 Å².